The van der Waals surface area contributed by atoms with Gasteiger partial charge in [0, 0.05) is 0 Å². The zero-order valence-electron chi connectivity index (χ0n) is 11.7. The first-order valence-electron chi connectivity index (χ1n) is 6.21. The number of ether oxygens (including phenoxy) is 2. The van der Waals surface area contributed by atoms with Crippen molar-refractivity contribution in [1.29, 1.82) is 0 Å². The van der Waals surface area contributed by atoms with Gasteiger partial charge >= 0.3 is 5.97 Å². The van der Waals surface area contributed by atoms with Crippen molar-refractivity contribution in [2.24, 2.45) is 0 Å². The van der Waals surface area contributed by atoms with Crippen LogP contribution in [0.2, 0.25) is 0 Å². The summed E-state index contributed by atoms with van der Waals surface area (Å²) in [6, 6.07) is 8.43. The second-order valence-corrected chi connectivity index (χ2v) is 4.15. The number of esters is 1. The number of nitrogen functional groups attached to an aromatic ring is 1. The lowest BCUT2D eigenvalue weighted by Gasteiger charge is -2.19. The van der Waals surface area contributed by atoms with Gasteiger partial charge in [-0.3, -0.25) is 0 Å². The monoisotopic (exact) mass is 288 g/mol. The molecule has 2 aromatic rings. The lowest BCUT2D eigenvalue weighted by Crippen LogP contribution is -2.23. The Hall–Kier alpha value is -2.83. The van der Waals surface area contributed by atoms with Crippen LogP contribution in [0.5, 0.6) is 5.75 Å². The van der Waals surface area contributed by atoms with Gasteiger partial charge in [0.15, 0.2) is 17.7 Å². The van der Waals surface area contributed by atoms with Crippen LogP contribution in [-0.4, -0.2) is 30.2 Å². The normalized spacial score (nSPS) is 11.5. The third-order valence-electron chi connectivity index (χ3n) is 2.89. The predicted octanol–water partition coefficient (Wildman–Crippen LogP) is 1.39. The molecule has 21 heavy (non-hydrogen) atoms. The van der Waals surface area contributed by atoms with Crippen LogP contribution in [0.15, 0.2) is 36.7 Å². The Bertz CT molecular complexity index is 619. The van der Waals surface area contributed by atoms with E-state index in [1.54, 1.807) is 0 Å². The van der Waals surface area contributed by atoms with Crippen molar-refractivity contribution in [2.45, 2.75) is 6.04 Å². The van der Waals surface area contributed by atoms with Crippen LogP contribution in [0, 0.1) is 0 Å². The largest absolute Gasteiger partial charge is 0.490 e. The van der Waals surface area contributed by atoms with Crippen molar-refractivity contribution >= 4 is 17.6 Å². The summed E-state index contributed by atoms with van der Waals surface area (Å²) >= 11 is 0. The van der Waals surface area contributed by atoms with E-state index < -0.39 is 12.0 Å². The molecule has 1 atom stereocenters. The molecule has 7 nitrogen and oxygen atoms in total. The molecule has 1 heterocycles. The molecule has 1 aromatic heterocycles. The quantitative estimate of drug-likeness (QED) is 0.802. The smallest absolute Gasteiger partial charge is 0.333 e. The Kier molecular flexibility index (Phi) is 4.55. The fourth-order valence-electron chi connectivity index (χ4n) is 1.87. The number of hydrogen-bond donors (Lipinski definition) is 2. The predicted molar refractivity (Wildman–Crippen MR) is 77.8 cm³/mol. The highest BCUT2D eigenvalue weighted by molar-refractivity contribution is 5.81. The van der Waals surface area contributed by atoms with Crippen LogP contribution in [0.1, 0.15) is 11.6 Å². The minimum atomic E-state index is -0.723. The summed E-state index contributed by atoms with van der Waals surface area (Å²) in [7, 11) is 2.78. The van der Waals surface area contributed by atoms with E-state index in [-0.39, 0.29) is 11.6 Å². The molecule has 110 valence electrons. The Morgan fingerprint density at radius 2 is 1.95 bits per heavy atom. The highest BCUT2D eigenvalue weighted by atomic mass is 16.5. The number of nitrogens with two attached hydrogens (primary N) is 1. The molecular formula is C14H16N4O3. The first-order chi connectivity index (χ1) is 10.2. The Morgan fingerprint density at radius 3 is 2.57 bits per heavy atom. The van der Waals surface area contributed by atoms with Crippen LogP contribution in [0.3, 0.4) is 0 Å². The molecular weight excluding hydrogens is 272 g/mol. The van der Waals surface area contributed by atoms with Crippen molar-refractivity contribution < 1.29 is 14.3 Å². The van der Waals surface area contributed by atoms with Gasteiger partial charge in [-0.1, -0.05) is 30.3 Å². The van der Waals surface area contributed by atoms with Crippen LogP contribution in [-0.2, 0) is 9.53 Å². The number of carbonyl (C=O) groups is 1. The molecule has 1 unspecified atom stereocenters. The van der Waals surface area contributed by atoms with Crippen molar-refractivity contribution in [1.82, 2.24) is 9.97 Å². The van der Waals surface area contributed by atoms with Gasteiger partial charge in [-0.05, 0) is 5.56 Å². The summed E-state index contributed by atoms with van der Waals surface area (Å²) in [6.45, 7) is 0. The van der Waals surface area contributed by atoms with Crippen LogP contribution in [0.25, 0.3) is 0 Å². The summed E-state index contributed by atoms with van der Waals surface area (Å²) in [4.78, 5) is 19.9. The van der Waals surface area contributed by atoms with Gasteiger partial charge in [-0.25, -0.2) is 14.8 Å². The first kappa shape index (κ1) is 14.6. The molecule has 2 rings (SSSR count). The molecule has 0 spiro atoms. The molecule has 0 radical (unpaired) electrons. The maximum Gasteiger partial charge on any atom is 0.333 e. The molecule has 0 saturated carbocycles. The van der Waals surface area contributed by atoms with E-state index in [2.05, 4.69) is 15.3 Å². The molecule has 0 fully saturated rings. The number of methoxy groups -OCH3 is 2. The second-order valence-electron chi connectivity index (χ2n) is 4.15. The van der Waals surface area contributed by atoms with Crippen molar-refractivity contribution in [3.63, 3.8) is 0 Å². The van der Waals surface area contributed by atoms with Crippen LogP contribution >= 0.6 is 0 Å². The number of hydrogen-bond acceptors (Lipinski definition) is 7. The Morgan fingerprint density at radius 1 is 1.24 bits per heavy atom. The number of nitrogens with one attached hydrogen (secondary N) is 1. The molecule has 7 heteroatoms. The summed E-state index contributed by atoms with van der Waals surface area (Å²) in [5.74, 6) is 0.346. The fourth-order valence-corrected chi connectivity index (χ4v) is 1.87. The van der Waals surface area contributed by atoms with Gasteiger partial charge in [-0.2, -0.15) is 0 Å². The van der Waals surface area contributed by atoms with E-state index >= 15 is 0 Å². The average Bonchev–Trinajstić information content (AvgIpc) is 2.53. The molecule has 0 saturated heterocycles. The SMILES string of the molecule is COC(=O)C(Nc1ncnc(N)c1OC)c1ccccc1. The maximum absolute atomic E-state index is 12.0. The van der Waals surface area contributed by atoms with E-state index in [9.17, 15) is 4.79 Å². The molecule has 0 aliphatic carbocycles. The summed E-state index contributed by atoms with van der Waals surface area (Å²) < 4.78 is 9.99. The molecule has 3 N–H and O–H groups in total. The minimum absolute atomic E-state index is 0.187. The lowest BCUT2D eigenvalue weighted by atomic mass is 10.1. The maximum atomic E-state index is 12.0. The number of aromatic nitrogens is 2. The number of rotatable bonds is 5. The Balaban J connectivity index is 2.37. The first-order valence-corrected chi connectivity index (χ1v) is 6.21. The molecule has 0 aliphatic heterocycles. The van der Waals surface area contributed by atoms with Crippen LogP contribution < -0.4 is 15.8 Å². The van der Waals surface area contributed by atoms with E-state index in [0.717, 1.165) is 5.56 Å². The topological polar surface area (TPSA) is 99.4 Å². The molecule has 0 aliphatic rings. The van der Waals surface area contributed by atoms with Gasteiger partial charge < -0.3 is 20.5 Å². The fraction of sp³-hybridized carbons (Fsp3) is 0.214. The number of benzene rings is 1. The summed E-state index contributed by atoms with van der Waals surface area (Å²) in [5.41, 5.74) is 6.46. The van der Waals surface area contributed by atoms with Crippen molar-refractivity contribution in [3.8, 4) is 5.75 Å². The lowest BCUT2D eigenvalue weighted by molar-refractivity contribution is -0.141. The molecule has 1 aromatic carbocycles. The summed E-state index contributed by atoms with van der Waals surface area (Å²) in [5, 5.41) is 2.98. The summed E-state index contributed by atoms with van der Waals surface area (Å²) in [6.07, 6.45) is 1.29. The van der Waals surface area contributed by atoms with Gasteiger partial charge in [0.2, 0.25) is 5.75 Å². The van der Waals surface area contributed by atoms with Gasteiger partial charge in [0.05, 0.1) is 14.2 Å². The van der Waals surface area contributed by atoms with Crippen LogP contribution in [0.4, 0.5) is 11.6 Å². The van der Waals surface area contributed by atoms with E-state index in [1.807, 2.05) is 30.3 Å². The zero-order chi connectivity index (χ0) is 15.2. The highest BCUT2D eigenvalue weighted by Gasteiger charge is 2.23. The van der Waals surface area contributed by atoms with E-state index in [0.29, 0.717) is 5.82 Å². The van der Waals surface area contributed by atoms with Crippen molar-refractivity contribution in [3.05, 3.63) is 42.2 Å². The third-order valence-corrected chi connectivity index (χ3v) is 2.89. The minimum Gasteiger partial charge on any atom is -0.490 e. The number of anilines is 2. The van der Waals surface area contributed by atoms with E-state index in [1.165, 1.54) is 20.5 Å². The molecule has 0 bridgehead atoms. The van der Waals surface area contributed by atoms with E-state index in [4.69, 9.17) is 15.2 Å². The molecule has 0 amide bonds. The second kappa shape index (κ2) is 6.56. The highest BCUT2D eigenvalue weighted by Crippen LogP contribution is 2.30. The zero-order valence-corrected chi connectivity index (χ0v) is 11.7. The number of carbonyl (C=O) groups excluding carboxylic acids is 1. The van der Waals surface area contributed by atoms with Gasteiger partial charge in [0.1, 0.15) is 6.33 Å². The number of nitrogens with zero attached hydrogens (tertiary/aromatic N) is 2. The standard InChI is InChI=1S/C14H16N4O3/c1-20-11-12(15)16-8-17-13(11)18-10(14(19)21-2)9-6-4-3-5-7-9/h3-8,10H,1-2H3,(H3,15,16,17,18). The Labute approximate surface area is 122 Å². The van der Waals surface area contributed by atoms with Crippen molar-refractivity contribution in [2.75, 3.05) is 25.3 Å². The van der Waals surface area contributed by atoms with Gasteiger partial charge in [0.25, 0.3) is 0 Å². The van der Waals surface area contributed by atoms with Gasteiger partial charge in [-0.15, -0.1) is 0 Å². The average molecular weight is 288 g/mol. The third kappa shape index (κ3) is 3.19.